The summed E-state index contributed by atoms with van der Waals surface area (Å²) in [6.45, 7) is 8.48. The molecule has 0 atom stereocenters. The van der Waals surface area contributed by atoms with E-state index in [1.54, 1.807) is 28.0 Å². The van der Waals surface area contributed by atoms with Crippen LogP contribution in [-0.2, 0) is 14.3 Å². The van der Waals surface area contributed by atoms with Crippen molar-refractivity contribution >= 4 is 23.3 Å². The van der Waals surface area contributed by atoms with E-state index in [1.165, 1.54) is 0 Å². The first kappa shape index (κ1) is 24.7. The van der Waals surface area contributed by atoms with Crippen LogP contribution in [-0.4, -0.2) is 68.6 Å². The number of benzene rings is 2. The fourth-order valence-electron chi connectivity index (χ4n) is 4.35. The van der Waals surface area contributed by atoms with Crippen molar-refractivity contribution in [1.29, 1.82) is 0 Å². The minimum Gasteiger partial charge on any atom is -0.485 e. The zero-order valence-electron chi connectivity index (χ0n) is 20.6. The fourth-order valence-corrected chi connectivity index (χ4v) is 4.35. The molecule has 0 N–H and O–H groups in total. The molecule has 2 amide bonds. The van der Waals surface area contributed by atoms with Crippen molar-refractivity contribution < 1.29 is 28.6 Å². The van der Waals surface area contributed by atoms with E-state index in [0.717, 1.165) is 22.4 Å². The molecule has 8 heteroatoms. The average molecular weight is 481 g/mol. The Balaban J connectivity index is 1.42. The summed E-state index contributed by atoms with van der Waals surface area (Å²) in [5.74, 6) is 0.960. The number of ketones is 1. The lowest BCUT2D eigenvalue weighted by molar-refractivity contribution is -0.135. The van der Waals surface area contributed by atoms with Crippen molar-refractivity contribution in [2.75, 3.05) is 51.0 Å². The molecule has 0 aromatic heterocycles. The summed E-state index contributed by atoms with van der Waals surface area (Å²) in [6.07, 6.45) is 0.871. The average Bonchev–Trinajstić information content (AvgIpc) is 2.87. The highest BCUT2D eigenvalue weighted by Crippen LogP contribution is 2.33. The van der Waals surface area contributed by atoms with Gasteiger partial charge in [-0.25, -0.2) is 0 Å². The molecule has 0 aliphatic carbocycles. The topological polar surface area (TPSA) is 85.4 Å². The van der Waals surface area contributed by atoms with E-state index in [0.29, 0.717) is 62.7 Å². The number of hydrogen-bond acceptors (Lipinski definition) is 6. The molecule has 2 aliphatic rings. The van der Waals surface area contributed by atoms with Gasteiger partial charge >= 0.3 is 0 Å². The highest BCUT2D eigenvalue weighted by atomic mass is 16.5. The van der Waals surface area contributed by atoms with Gasteiger partial charge in [-0.05, 0) is 62.1 Å². The number of rotatable bonds is 8. The quantitative estimate of drug-likeness (QED) is 0.540. The minimum absolute atomic E-state index is 0.0628. The van der Waals surface area contributed by atoms with E-state index in [4.69, 9.17) is 14.2 Å². The molecular weight excluding hydrogens is 448 g/mol. The van der Waals surface area contributed by atoms with Gasteiger partial charge < -0.3 is 24.0 Å². The first-order valence-electron chi connectivity index (χ1n) is 12.0. The Morgan fingerprint density at radius 3 is 2.54 bits per heavy atom. The van der Waals surface area contributed by atoms with E-state index in [2.05, 4.69) is 0 Å². The SMILES string of the molecule is Cc1ccc(C)c(OCC(=O)c2ccc3c(c2)N(CCCC(=O)N2CCOCC2)C(=O)CO3)c1C. The molecule has 35 heavy (non-hydrogen) atoms. The van der Waals surface area contributed by atoms with Gasteiger partial charge in [-0.15, -0.1) is 0 Å². The number of carbonyl (C=O) groups is 3. The molecule has 4 rings (SSSR count). The number of Topliss-reactive ketones (excluding diaryl/α,β-unsaturated/α-hetero) is 1. The molecule has 2 aromatic rings. The molecule has 2 aliphatic heterocycles. The van der Waals surface area contributed by atoms with Crippen molar-refractivity contribution in [3.8, 4) is 11.5 Å². The van der Waals surface area contributed by atoms with Crippen molar-refractivity contribution in [3.63, 3.8) is 0 Å². The van der Waals surface area contributed by atoms with Crippen LogP contribution in [0, 0.1) is 20.8 Å². The van der Waals surface area contributed by atoms with E-state index in [9.17, 15) is 14.4 Å². The summed E-state index contributed by atoms with van der Waals surface area (Å²) in [6, 6.07) is 9.09. The predicted molar refractivity (Wildman–Crippen MR) is 131 cm³/mol. The standard InChI is InChI=1S/C27H32N2O6/c1-18-6-7-19(2)27(20(18)3)35-16-23(30)21-8-9-24-22(15-21)29(26(32)17-34-24)10-4-5-25(31)28-11-13-33-14-12-28/h6-9,15H,4-5,10-14,16-17H2,1-3H3. The summed E-state index contributed by atoms with van der Waals surface area (Å²) >= 11 is 0. The number of nitrogens with zero attached hydrogens (tertiary/aromatic N) is 2. The molecule has 0 bridgehead atoms. The number of carbonyl (C=O) groups excluding carboxylic acids is 3. The zero-order valence-corrected chi connectivity index (χ0v) is 20.6. The van der Waals surface area contributed by atoms with E-state index in [1.807, 2.05) is 32.9 Å². The summed E-state index contributed by atoms with van der Waals surface area (Å²) < 4.78 is 16.8. The summed E-state index contributed by atoms with van der Waals surface area (Å²) in [4.78, 5) is 41.4. The van der Waals surface area contributed by atoms with Gasteiger partial charge in [0.05, 0.1) is 18.9 Å². The molecule has 1 fully saturated rings. The first-order chi connectivity index (χ1) is 16.8. The highest BCUT2D eigenvalue weighted by Gasteiger charge is 2.27. The van der Waals surface area contributed by atoms with Crippen molar-refractivity contribution in [2.24, 2.45) is 0 Å². The Labute approximate surface area is 205 Å². The molecule has 0 saturated carbocycles. The number of amides is 2. The second-order valence-corrected chi connectivity index (χ2v) is 8.98. The van der Waals surface area contributed by atoms with Crippen LogP contribution < -0.4 is 14.4 Å². The third-order valence-electron chi connectivity index (χ3n) is 6.58. The van der Waals surface area contributed by atoms with Crippen molar-refractivity contribution in [3.05, 3.63) is 52.6 Å². The van der Waals surface area contributed by atoms with Gasteiger partial charge in [0, 0.05) is 31.6 Å². The molecule has 186 valence electrons. The number of fused-ring (bicyclic) bond motifs is 1. The van der Waals surface area contributed by atoms with Crippen LogP contribution in [0.2, 0.25) is 0 Å². The Morgan fingerprint density at radius 2 is 1.77 bits per heavy atom. The van der Waals surface area contributed by atoms with Crippen LogP contribution >= 0.6 is 0 Å². The third-order valence-corrected chi connectivity index (χ3v) is 6.58. The number of anilines is 1. The largest absolute Gasteiger partial charge is 0.485 e. The second-order valence-electron chi connectivity index (χ2n) is 8.98. The fraction of sp³-hybridized carbons (Fsp3) is 0.444. The van der Waals surface area contributed by atoms with Crippen molar-refractivity contribution in [1.82, 2.24) is 4.90 Å². The lowest BCUT2D eigenvalue weighted by Crippen LogP contribution is -2.42. The Bertz CT molecular complexity index is 1120. The molecule has 2 aromatic carbocycles. The zero-order chi connectivity index (χ0) is 24.9. The normalized spacial score (nSPS) is 15.5. The van der Waals surface area contributed by atoms with Gasteiger partial charge in [0.15, 0.2) is 19.0 Å². The van der Waals surface area contributed by atoms with Gasteiger partial charge in [-0.1, -0.05) is 12.1 Å². The van der Waals surface area contributed by atoms with Crippen LogP contribution in [0.1, 0.15) is 39.9 Å². The van der Waals surface area contributed by atoms with Crippen LogP contribution in [0.25, 0.3) is 0 Å². The van der Waals surface area contributed by atoms with Crippen LogP contribution in [0.3, 0.4) is 0 Å². The van der Waals surface area contributed by atoms with Crippen LogP contribution in [0.4, 0.5) is 5.69 Å². The van der Waals surface area contributed by atoms with Crippen molar-refractivity contribution in [2.45, 2.75) is 33.6 Å². The van der Waals surface area contributed by atoms with Gasteiger partial charge in [-0.2, -0.15) is 0 Å². The maximum absolute atomic E-state index is 12.9. The Hall–Kier alpha value is -3.39. The summed E-state index contributed by atoms with van der Waals surface area (Å²) in [5, 5.41) is 0. The molecule has 2 heterocycles. The van der Waals surface area contributed by atoms with E-state index >= 15 is 0 Å². The number of hydrogen-bond donors (Lipinski definition) is 0. The molecule has 8 nitrogen and oxygen atoms in total. The van der Waals surface area contributed by atoms with E-state index in [-0.39, 0.29) is 30.8 Å². The smallest absolute Gasteiger partial charge is 0.265 e. The monoisotopic (exact) mass is 480 g/mol. The number of aryl methyl sites for hydroxylation is 2. The third kappa shape index (κ3) is 5.65. The molecule has 0 radical (unpaired) electrons. The van der Waals surface area contributed by atoms with Gasteiger partial charge in [-0.3, -0.25) is 14.4 Å². The van der Waals surface area contributed by atoms with Gasteiger partial charge in [0.2, 0.25) is 5.91 Å². The number of ether oxygens (including phenoxy) is 3. The summed E-state index contributed by atoms with van der Waals surface area (Å²) in [7, 11) is 0. The van der Waals surface area contributed by atoms with Crippen LogP contribution in [0.15, 0.2) is 30.3 Å². The van der Waals surface area contributed by atoms with E-state index < -0.39 is 0 Å². The maximum Gasteiger partial charge on any atom is 0.265 e. The lowest BCUT2D eigenvalue weighted by atomic mass is 10.1. The van der Waals surface area contributed by atoms with Gasteiger partial charge in [0.1, 0.15) is 11.5 Å². The Morgan fingerprint density at radius 1 is 1.03 bits per heavy atom. The molecule has 0 spiro atoms. The maximum atomic E-state index is 12.9. The first-order valence-corrected chi connectivity index (χ1v) is 12.0. The van der Waals surface area contributed by atoms with Crippen LogP contribution in [0.5, 0.6) is 11.5 Å². The summed E-state index contributed by atoms with van der Waals surface area (Å²) in [5.41, 5.74) is 4.08. The Kier molecular flexibility index (Phi) is 7.70. The number of morpholine rings is 1. The minimum atomic E-state index is -0.191. The lowest BCUT2D eigenvalue weighted by Gasteiger charge is -2.30. The predicted octanol–water partition coefficient (Wildman–Crippen LogP) is 3.24. The molecule has 0 unspecified atom stereocenters. The molecule has 1 saturated heterocycles. The second kappa shape index (κ2) is 10.9. The van der Waals surface area contributed by atoms with Gasteiger partial charge in [0.25, 0.3) is 5.91 Å². The highest BCUT2D eigenvalue weighted by molar-refractivity contribution is 6.02. The molecular formula is C27H32N2O6.